The lowest BCUT2D eigenvalue weighted by Crippen LogP contribution is -2.50. The molecule has 1 aliphatic rings. The summed E-state index contributed by atoms with van der Waals surface area (Å²) in [7, 11) is -0.947. The molecule has 8 nitrogen and oxygen atoms in total. The number of aromatic nitrogens is 1. The van der Waals surface area contributed by atoms with Crippen molar-refractivity contribution in [2.45, 2.75) is 12.7 Å². The third-order valence-electron chi connectivity index (χ3n) is 4.47. The molecule has 1 aliphatic heterocycles. The van der Waals surface area contributed by atoms with Crippen molar-refractivity contribution < 1.29 is 18.3 Å². The Hall–Kier alpha value is -2.52. The number of aryl methyl sites for hydroxylation is 1. The average Bonchev–Trinajstić information content (AvgIpc) is 3.06. The van der Waals surface area contributed by atoms with E-state index in [4.69, 9.17) is 4.52 Å². The Kier molecular flexibility index (Phi) is 6.58. The molecule has 1 aromatic heterocycles. The van der Waals surface area contributed by atoms with Crippen LogP contribution in [0.1, 0.15) is 21.7 Å². The second-order valence-corrected chi connectivity index (χ2v) is 8.29. The largest absolute Gasteiger partial charge is 0.360 e. The van der Waals surface area contributed by atoms with Gasteiger partial charge in [0.05, 0.1) is 6.54 Å². The van der Waals surface area contributed by atoms with Gasteiger partial charge in [-0.05, 0) is 24.6 Å². The van der Waals surface area contributed by atoms with Crippen molar-refractivity contribution in [2.75, 3.05) is 44.3 Å². The number of piperazine rings is 1. The van der Waals surface area contributed by atoms with Crippen molar-refractivity contribution in [3.63, 3.8) is 0 Å². The van der Waals surface area contributed by atoms with E-state index in [9.17, 15) is 13.8 Å². The first-order chi connectivity index (χ1) is 13.4. The fraction of sp³-hybridized carbons (Fsp3) is 0.421. The van der Waals surface area contributed by atoms with Crippen molar-refractivity contribution in [1.82, 2.24) is 15.0 Å². The minimum absolute atomic E-state index is 0.0362. The lowest BCUT2D eigenvalue weighted by Gasteiger charge is -2.34. The topological polar surface area (TPSA) is 95.8 Å². The van der Waals surface area contributed by atoms with Crippen LogP contribution in [-0.4, -0.2) is 70.0 Å². The summed E-state index contributed by atoms with van der Waals surface area (Å²) in [6.07, 6.45) is 1.65. The van der Waals surface area contributed by atoms with E-state index in [0.717, 1.165) is 5.56 Å². The van der Waals surface area contributed by atoms with Crippen molar-refractivity contribution in [3.8, 4) is 0 Å². The predicted molar refractivity (Wildman–Crippen MR) is 106 cm³/mol. The van der Waals surface area contributed by atoms with Crippen LogP contribution in [0.3, 0.4) is 0 Å². The molecule has 2 aromatic rings. The maximum atomic E-state index is 12.7. The van der Waals surface area contributed by atoms with Gasteiger partial charge in [0.15, 0.2) is 5.82 Å². The summed E-state index contributed by atoms with van der Waals surface area (Å²) in [5.41, 5.74) is 1.50. The minimum atomic E-state index is -0.947. The van der Waals surface area contributed by atoms with Crippen LogP contribution >= 0.6 is 0 Å². The van der Waals surface area contributed by atoms with E-state index in [-0.39, 0.29) is 18.4 Å². The Morgan fingerprint density at radius 2 is 1.96 bits per heavy atom. The molecule has 2 amide bonds. The zero-order chi connectivity index (χ0) is 20.1. The van der Waals surface area contributed by atoms with Gasteiger partial charge < -0.3 is 14.7 Å². The Labute approximate surface area is 166 Å². The fourth-order valence-corrected chi connectivity index (χ4v) is 3.78. The number of amides is 2. The molecule has 1 atom stereocenters. The van der Waals surface area contributed by atoms with Gasteiger partial charge in [-0.15, -0.1) is 0 Å². The van der Waals surface area contributed by atoms with Crippen molar-refractivity contribution in [3.05, 3.63) is 47.2 Å². The lowest BCUT2D eigenvalue weighted by atomic mass is 10.1. The molecule has 1 N–H and O–H groups in total. The summed E-state index contributed by atoms with van der Waals surface area (Å²) in [6, 6.07) is 8.96. The van der Waals surface area contributed by atoms with Crippen LogP contribution in [0.4, 0.5) is 5.82 Å². The van der Waals surface area contributed by atoms with Crippen LogP contribution < -0.4 is 5.32 Å². The molecule has 1 aromatic carbocycles. The van der Waals surface area contributed by atoms with E-state index in [1.54, 1.807) is 30.2 Å². The van der Waals surface area contributed by atoms with Crippen LogP contribution in [0.25, 0.3) is 0 Å². The fourth-order valence-electron chi connectivity index (χ4n) is 3.13. The summed E-state index contributed by atoms with van der Waals surface area (Å²) >= 11 is 0. The van der Waals surface area contributed by atoms with Gasteiger partial charge in [-0.3, -0.25) is 18.7 Å². The highest BCUT2D eigenvalue weighted by atomic mass is 32.2. The molecule has 0 bridgehead atoms. The van der Waals surface area contributed by atoms with Gasteiger partial charge in [-0.1, -0.05) is 17.3 Å². The maximum Gasteiger partial charge on any atom is 0.253 e. The van der Waals surface area contributed by atoms with Crippen LogP contribution in [0.15, 0.2) is 34.9 Å². The number of carbonyl (C=O) groups is 2. The molecule has 1 saturated heterocycles. The Morgan fingerprint density at radius 1 is 1.21 bits per heavy atom. The van der Waals surface area contributed by atoms with E-state index >= 15 is 0 Å². The van der Waals surface area contributed by atoms with E-state index in [0.29, 0.717) is 49.1 Å². The van der Waals surface area contributed by atoms with Gasteiger partial charge in [0.25, 0.3) is 5.91 Å². The molecule has 0 spiro atoms. The quantitative estimate of drug-likeness (QED) is 0.779. The smallest absolute Gasteiger partial charge is 0.253 e. The number of carbonyl (C=O) groups excluding carboxylic acids is 2. The van der Waals surface area contributed by atoms with E-state index in [1.165, 1.54) is 0 Å². The number of hydrogen-bond acceptors (Lipinski definition) is 6. The number of benzene rings is 1. The monoisotopic (exact) mass is 404 g/mol. The summed E-state index contributed by atoms with van der Waals surface area (Å²) in [5, 5.41) is 6.45. The van der Waals surface area contributed by atoms with Crippen LogP contribution in [-0.2, 0) is 21.3 Å². The minimum Gasteiger partial charge on any atom is -0.360 e. The van der Waals surface area contributed by atoms with Crippen molar-refractivity contribution in [1.29, 1.82) is 0 Å². The van der Waals surface area contributed by atoms with Gasteiger partial charge >= 0.3 is 0 Å². The average molecular weight is 404 g/mol. The highest BCUT2D eigenvalue weighted by molar-refractivity contribution is 7.83. The van der Waals surface area contributed by atoms with Crippen LogP contribution in [0, 0.1) is 6.92 Å². The zero-order valence-electron chi connectivity index (χ0n) is 16.0. The van der Waals surface area contributed by atoms with Gasteiger partial charge in [0.2, 0.25) is 5.91 Å². The Balaban J connectivity index is 1.50. The molecule has 2 heterocycles. The standard InChI is InChI=1S/C19H24N4O4S/c1-14-10-17(21-27-14)20-18(24)12-22-6-8-23(9-7-22)19(25)16-5-3-4-15(11-16)13-28(2)26/h3-5,10-11H,6-9,12-13H2,1-2H3,(H,20,21,24). The second kappa shape index (κ2) is 9.11. The summed E-state index contributed by atoms with van der Waals surface area (Å²) in [6.45, 7) is 4.35. The normalized spacial score (nSPS) is 16.0. The molecule has 0 saturated carbocycles. The molecule has 0 aliphatic carbocycles. The SMILES string of the molecule is Cc1cc(NC(=O)CN2CCN(C(=O)c3cccc(CS(C)=O)c3)CC2)no1. The van der Waals surface area contributed by atoms with Gasteiger partial charge in [-0.25, -0.2) is 0 Å². The molecular weight excluding hydrogens is 380 g/mol. The first-order valence-corrected chi connectivity index (χ1v) is 10.8. The zero-order valence-corrected chi connectivity index (χ0v) is 16.8. The first-order valence-electron chi connectivity index (χ1n) is 9.04. The number of hydrogen-bond donors (Lipinski definition) is 1. The third kappa shape index (κ3) is 5.49. The van der Waals surface area contributed by atoms with E-state index in [2.05, 4.69) is 10.5 Å². The van der Waals surface area contributed by atoms with Crippen LogP contribution in [0.2, 0.25) is 0 Å². The lowest BCUT2D eigenvalue weighted by molar-refractivity contribution is -0.117. The second-order valence-electron chi connectivity index (χ2n) is 6.86. The summed E-state index contributed by atoms with van der Waals surface area (Å²) < 4.78 is 16.3. The molecule has 0 radical (unpaired) electrons. The molecule has 150 valence electrons. The first kappa shape index (κ1) is 20.2. The molecule has 1 fully saturated rings. The number of nitrogens with zero attached hydrogens (tertiary/aromatic N) is 3. The van der Waals surface area contributed by atoms with Crippen molar-refractivity contribution in [2.24, 2.45) is 0 Å². The maximum absolute atomic E-state index is 12.7. The van der Waals surface area contributed by atoms with Gasteiger partial charge in [-0.2, -0.15) is 0 Å². The highest BCUT2D eigenvalue weighted by Gasteiger charge is 2.23. The molecular formula is C19H24N4O4S. The highest BCUT2D eigenvalue weighted by Crippen LogP contribution is 2.13. The molecule has 9 heteroatoms. The number of rotatable bonds is 6. The van der Waals surface area contributed by atoms with Crippen molar-refractivity contribution >= 4 is 28.4 Å². The summed E-state index contributed by atoms with van der Waals surface area (Å²) in [5.74, 6) is 1.29. The Bertz CT molecular complexity index is 874. The van der Waals surface area contributed by atoms with E-state index < -0.39 is 10.8 Å². The Morgan fingerprint density at radius 3 is 2.61 bits per heavy atom. The van der Waals surface area contributed by atoms with Crippen LogP contribution in [0.5, 0.6) is 0 Å². The molecule has 3 rings (SSSR count). The number of anilines is 1. The molecule has 1 unspecified atom stereocenters. The predicted octanol–water partition coefficient (Wildman–Crippen LogP) is 1.26. The van der Waals surface area contributed by atoms with E-state index in [1.807, 2.05) is 23.1 Å². The third-order valence-corrected chi connectivity index (χ3v) is 5.21. The van der Waals surface area contributed by atoms with Gasteiger partial charge in [0.1, 0.15) is 5.76 Å². The number of nitrogens with one attached hydrogen (secondary N) is 1. The van der Waals surface area contributed by atoms with Gasteiger partial charge in [0, 0.05) is 60.6 Å². The molecule has 28 heavy (non-hydrogen) atoms. The summed E-state index contributed by atoms with van der Waals surface area (Å²) in [4.78, 5) is 28.6.